The normalized spacial score (nSPS) is 31.1. The molecule has 0 bridgehead atoms. The summed E-state index contributed by atoms with van der Waals surface area (Å²) in [5.41, 5.74) is 0. The van der Waals surface area contributed by atoms with Crippen molar-refractivity contribution >= 4 is 5.97 Å². The lowest BCUT2D eigenvalue weighted by Crippen LogP contribution is -2.39. The van der Waals surface area contributed by atoms with Gasteiger partial charge in [-0.2, -0.15) is 0 Å². The third-order valence-electron chi connectivity index (χ3n) is 4.50. The number of rotatable bonds is 6. The summed E-state index contributed by atoms with van der Waals surface area (Å²) in [7, 11) is 0. The molecule has 0 aromatic rings. The molecule has 2 aliphatic carbocycles. The van der Waals surface area contributed by atoms with Crippen molar-refractivity contribution in [1.82, 2.24) is 5.32 Å². The topological polar surface area (TPSA) is 49.3 Å². The van der Waals surface area contributed by atoms with E-state index in [9.17, 15) is 9.90 Å². The molecule has 0 radical (unpaired) electrons. The van der Waals surface area contributed by atoms with Crippen LogP contribution >= 0.6 is 0 Å². The second-order valence-corrected chi connectivity index (χ2v) is 5.75. The molecule has 3 unspecified atom stereocenters. The summed E-state index contributed by atoms with van der Waals surface area (Å²) in [5.74, 6) is 0.532. The molecule has 2 saturated carbocycles. The van der Waals surface area contributed by atoms with Crippen molar-refractivity contribution in [1.29, 1.82) is 0 Å². The van der Waals surface area contributed by atoms with Crippen molar-refractivity contribution in [3.05, 3.63) is 0 Å². The Morgan fingerprint density at radius 1 is 1.29 bits per heavy atom. The Bertz CT molecular complexity index is 263. The molecular formula is C14H25NO2. The standard InChI is InChI=1S/C14H25NO2/c1-2-13(10-7-8-10)15-9-11-5-3-4-6-12(11)14(16)17/h10-13,15H,2-9H2,1H3,(H,16,17). The van der Waals surface area contributed by atoms with E-state index in [1.807, 2.05) is 0 Å². The van der Waals surface area contributed by atoms with Crippen molar-refractivity contribution in [2.24, 2.45) is 17.8 Å². The molecule has 2 rings (SSSR count). The van der Waals surface area contributed by atoms with E-state index in [2.05, 4.69) is 12.2 Å². The van der Waals surface area contributed by atoms with Crippen molar-refractivity contribution in [2.45, 2.75) is 57.9 Å². The molecule has 17 heavy (non-hydrogen) atoms. The first-order chi connectivity index (χ1) is 8.22. The fourth-order valence-corrected chi connectivity index (χ4v) is 3.22. The van der Waals surface area contributed by atoms with Crippen molar-refractivity contribution < 1.29 is 9.90 Å². The van der Waals surface area contributed by atoms with Crippen molar-refractivity contribution in [3.8, 4) is 0 Å². The van der Waals surface area contributed by atoms with Crippen LogP contribution in [-0.4, -0.2) is 23.7 Å². The predicted octanol–water partition coefficient (Wildman–Crippen LogP) is 2.66. The molecule has 3 heteroatoms. The molecule has 98 valence electrons. The number of nitrogens with one attached hydrogen (secondary N) is 1. The van der Waals surface area contributed by atoms with Gasteiger partial charge in [0.15, 0.2) is 0 Å². The zero-order valence-corrected chi connectivity index (χ0v) is 10.8. The second kappa shape index (κ2) is 5.85. The molecule has 2 fully saturated rings. The van der Waals surface area contributed by atoms with Crippen LogP contribution < -0.4 is 5.32 Å². The van der Waals surface area contributed by atoms with Gasteiger partial charge in [0.05, 0.1) is 5.92 Å². The molecule has 0 aromatic heterocycles. The molecule has 2 aliphatic rings. The summed E-state index contributed by atoms with van der Waals surface area (Å²) >= 11 is 0. The number of carboxylic acid groups (broad SMARTS) is 1. The quantitative estimate of drug-likeness (QED) is 0.749. The summed E-state index contributed by atoms with van der Waals surface area (Å²) < 4.78 is 0. The number of hydrogen-bond donors (Lipinski definition) is 2. The zero-order valence-electron chi connectivity index (χ0n) is 10.8. The van der Waals surface area contributed by atoms with Gasteiger partial charge in [-0.15, -0.1) is 0 Å². The molecule has 0 heterocycles. The average Bonchev–Trinajstić information content (AvgIpc) is 3.14. The fourth-order valence-electron chi connectivity index (χ4n) is 3.22. The van der Waals surface area contributed by atoms with Gasteiger partial charge in [-0.1, -0.05) is 19.8 Å². The Morgan fingerprint density at radius 3 is 2.59 bits per heavy atom. The number of carbonyl (C=O) groups is 1. The second-order valence-electron chi connectivity index (χ2n) is 5.75. The highest BCUT2D eigenvalue weighted by Gasteiger charge is 2.33. The van der Waals surface area contributed by atoms with Gasteiger partial charge in [0.25, 0.3) is 0 Å². The smallest absolute Gasteiger partial charge is 0.306 e. The lowest BCUT2D eigenvalue weighted by Gasteiger charge is -2.30. The first-order valence-corrected chi connectivity index (χ1v) is 7.18. The van der Waals surface area contributed by atoms with E-state index >= 15 is 0 Å². The van der Waals surface area contributed by atoms with Crippen LogP contribution in [0.5, 0.6) is 0 Å². The Balaban J connectivity index is 1.80. The van der Waals surface area contributed by atoms with Crippen LogP contribution in [0.1, 0.15) is 51.9 Å². The number of carboxylic acids is 1. The Morgan fingerprint density at radius 2 is 2.00 bits per heavy atom. The van der Waals surface area contributed by atoms with Gasteiger partial charge in [0.1, 0.15) is 0 Å². The van der Waals surface area contributed by atoms with Gasteiger partial charge < -0.3 is 10.4 Å². The van der Waals surface area contributed by atoms with Crippen LogP contribution in [0.3, 0.4) is 0 Å². The first-order valence-electron chi connectivity index (χ1n) is 7.18. The summed E-state index contributed by atoms with van der Waals surface area (Å²) in [6.07, 6.45) is 8.16. The van der Waals surface area contributed by atoms with Gasteiger partial charge in [-0.05, 0) is 50.5 Å². The molecule has 0 spiro atoms. The minimum Gasteiger partial charge on any atom is -0.481 e. The van der Waals surface area contributed by atoms with Crippen molar-refractivity contribution in [2.75, 3.05) is 6.54 Å². The van der Waals surface area contributed by atoms with Crippen LogP contribution in [0, 0.1) is 17.8 Å². The van der Waals surface area contributed by atoms with Crippen LogP contribution in [0.25, 0.3) is 0 Å². The maximum absolute atomic E-state index is 11.2. The van der Waals surface area contributed by atoms with E-state index in [-0.39, 0.29) is 5.92 Å². The molecule has 3 atom stereocenters. The molecule has 0 saturated heterocycles. The van der Waals surface area contributed by atoms with Crippen LogP contribution in [-0.2, 0) is 4.79 Å². The Kier molecular flexibility index (Phi) is 4.43. The highest BCUT2D eigenvalue weighted by molar-refractivity contribution is 5.70. The Labute approximate surface area is 104 Å². The third kappa shape index (κ3) is 3.44. The average molecular weight is 239 g/mol. The Hall–Kier alpha value is -0.570. The van der Waals surface area contributed by atoms with Gasteiger partial charge in [0.2, 0.25) is 0 Å². The highest BCUT2D eigenvalue weighted by Crippen LogP contribution is 2.35. The van der Waals surface area contributed by atoms with Gasteiger partial charge in [-0.25, -0.2) is 0 Å². The molecular weight excluding hydrogens is 214 g/mol. The first kappa shape index (κ1) is 12.9. The van der Waals surface area contributed by atoms with E-state index in [1.54, 1.807) is 0 Å². The molecule has 0 amide bonds. The summed E-state index contributed by atoms with van der Waals surface area (Å²) in [5, 5.41) is 12.8. The van der Waals surface area contributed by atoms with Crippen LogP contribution in [0.4, 0.5) is 0 Å². The van der Waals surface area contributed by atoms with E-state index in [1.165, 1.54) is 25.7 Å². The van der Waals surface area contributed by atoms with Crippen LogP contribution in [0.2, 0.25) is 0 Å². The van der Waals surface area contributed by atoms with Crippen LogP contribution in [0.15, 0.2) is 0 Å². The van der Waals surface area contributed by atoms with E-state index in [0.29, 0.717) is 12.0 Å². The summed E-state index contributed by atoms with van der Waals surface area (Å²) in [4.78, 5) is 11.2. The lowest BCUT2D eigenvalue weighted by molar-refractivity contribution is -0.144. The monoisotopic (exact) mass is 239 g/mol. The third-order valence-corrected chi connectivity index (χ3v) is 4.50. The lowest BCUT2D eigenvalue weighted by atomic mass is 9.79. The van der Waals surface area contributed by atoms with Gasteiger partial charge >= 0.3 is 5.97 Å². The molecule has 2 N–H and O–H groups in total. The van der Waals surface area contributed by atoms with Crippen molar-refractivity contribution in [3.63, 3.8) is 0 Å². The molecule has 0 aromatic carbocycles. The summed E-state index contributed by atoms with van der Waals surface area (Å²) in [6.45, 7) is 3.14. The maximum atomic E-state index is 11.2. The fraction of sp³-hybridized carbons (Fsp3) is 0.929. The van der Waals surface area contributed by atoms with E-state index in [4.69, 9.17) is 0 Å². The van der Waals surface area contributed by atoms with E-state index < -0.39 is 5.97 Å². The minimum absolute atomic E-state index is 0.104. The highest BCUT2D eigenvalue weighted by atomic mass is 16.4. The number of hydrogen-bond acceptors (Lipinski definition) is 2. The SMILES string of the molecule is CCC(NCC1CCCCC1C(=O)O)C1CC1. The summed E-state index contributed by atoms with van der Waals surface area (Å²) in [6, 6.07) is 0.631. The molecule has 3 nitrogen and oxygen atoms in total. The molecule has 0 aliphatic heterocycles. The zero-order chi connectivity index (χ0) is 12.3. The largest absolute Gasteiger partial charge is 0.481 e. The maximum Gasteiger partial charge on any atom is 0.306 e. The minimum atomic E-state index is -0.587. The van der Waals surface area contributed by atoms with E-state index in [0.717, 1.165) is 31.7 Å². The predicted molar refractivity (Wildman–Crippen MR) is 67.9 cm³/mol. The van der Waals surface area contributed by atoms with Gasteiger partial charge in [-0.3, -0.25) is 4.79 Å². The number of aliphatic carboxylic acids is 1. The van der Waals surface area contributed by atoms with Gasteiger partial charge in [0, 0.05) is 6.04 Å².